The van der Waals surface area contributed by atoms with Crippen LogP contribution in [-0.4, -0.2) is 25.0 Å². The number of nitro benzene ring substituents is 1. The molecule has 0 bridgehead atoms. The maximum absolute atomic E-state index is 11.7. The van der Waals surface area contributed by atoms with Crippen LogP contribution in [0, 0.1) is 17.0 Å². The van der Waals surface area contributed by atoms with Crippen LogP contribution in [0.25, 0.3) is 0 Å². The molecule has 0 saturated carbocycles. The van der Waals surface area contributed by atoms with Gasteiger partial charge in [0.1, 0.15) is 0 Å². The van der Waals surface area contributed by atoms with E-state index in [1.165, 1.54) is 25.1 Å². The van der Waals surface area contributed by atoms with Crippen LogP contribution in [-0.2, 0) is 9.84 Å². The number of rotatable bonds is 4. The van der Waals surface area contributed by atoms with E-state index in [2.05, 4.69) is 0 Å². The molecule has 1 aromatic rings. The van der Waals surface area contributed by atoms with Crippen molar-refractivity contribution in [2.24, 2.45) is 0 Å². The fourth-order valence-corrected chi connectivity index (χ4v) is 3.16. The molecule has 0 aliphatic heterocycles. The van der Waals surface area contributed by atoms with Gasteiger partial charge in [-0.2, -0.15) is 0 Å². The van der Waals surface area contributed by atoms with Crippen LogP contribution >= 0.6 is 11.6 Å². The van der Waals surface area contributed by atoms with E-state index < -0.39 is 14.8 Å². The number of sulfone groups is 1. The number of aryl methyl sites for hydroxylation is 1. The SMILES string of the molecule is Cc1cc([N+](=O)[O-])ccc1S(=O)(=O)CCCl. The highest BCUT2D eigenvalue weighted by atomic mass is 35.5. The van der Waals surface area contributed by atoms with Gasteiger partial charge in [0.15, 0.2) is 9.84 Å². The summed E-state index contributed by atoms with van der Waals surface area (Å²) >= 11 is 5.38. The van der Waals surface area contributed by atoms with Crippen LogP contribution in [0.4, 0.5) is 5.69 Å². The van der Waals surface area contributed by atoms with Crippen molar-refractivity contribution < 1.29 is 13.3 Å². The number of halogens is 1. The lowest BCUT2D eigenvalue weighted by molar-refractivity contribution is -0.385. The molecule has 0 heterocycles. The molecular formula is C9H10ClNO4S. The first-order valence-electron chi connectivity index (χ1n) is 4.42. The van der Waals surface area contributed by atoms with E-state index in [1.807, 2.05) is 0 Å². The molecule has 0 unspecified atom stereocenters. The van der Waals surface area contributed by atoms with Crippen molar-refractivity contribution >= 4 is 27.1 Å². The molecule has 7 heteroatoms. The average Bonchev–Trinajstić information content (AvgIpc) is 2.16. The quantitative estimate of drug-likeness (QED) is 0.472. The number of nitrogens with zero attached hydrogens (tertiary/aromatic N) is 1. The Morgan fingerprint density at radius 3 is 2.50 bits per heavy atom. The van der Waals surface area contributed by atoms with E-state index in [0.717, 1.165) is 0 Å². The second-order valence-corrected chi connectivity index (χ2v) is 5.67. The van der Waals surface area contributed by atoms with Gasteiger partial charge < -0.3 is 0 Å². The van der Waals surface area contributed by atoms with Crippen molar-refractivity contribution in [2.75, 3.05) is 11.6 Å². The number of hydrogen-bond acceptors (Lipinski definition) is 4. The molecule has 1 rings (SSSR count). The van der Waals surface area contributed by atoms with Crippen molar-refractivity contribution in [3.63, 3.8) is 0 Å². The third-order valence-electron chi connectivity index (χ3n) is 2.05. The molecule has 0 spiro atoms. The summed E-state index contributed by atoms with van der Waals surface area (Å²) in [4.78, 5) is 10.0. The van der Waals surface area contributed by atoms with Gasteiger partial charge >= 0.3 is 0 Å². The van der Waals surface area contributed by atoms with Crippen LogP contribution in [0.15, 0.2) is 23.1 Å². The molecule has 0 saturated heterocycles. The van der Waals surface area contributed by atoms with Gasteiger partial charge in [0.25, 0.3) is 5.69 Å². The number of nitro groups is 1. The zero-order valence-electron chi connectivity index (χ0n) is 8.51. The van der Waals surface area contributed by atoms with Crippen LogP contribution in [0.3, 0.4) is 0 Å². The van der Waals surface area contributed by atoms with Gasteiger partial charge in [0, 0.05) is 18.0 Å². The smallest absolute Gasteiger partial charge is 0.258 e. The number of benzene rings is 1. The van der Waals surface area contributed by atoms with Crippen LogP contribution < -0.4 is 0 Å². The molecule has 5 nitrogen and oxygen atoms in total. The summed E-state index contributed by atoms with van der Waals surface area (Å²) in [7, 11) is -3.44. The summed E-state index contributed by atoms with van der Waals surface area (Å²) in [5, 5.41) is 10.5. The Kier molecular flexibility index (Phi) is 3.88. The molecule has 0 aliphatic carbocycles. The highest BCUT2D eigenvalue weighted by Gasteiger charge is 2.18. The Labute approximate surface area is 98.1 Å². The fraction of sp³-hybridized carbons (Fsp3) is 0.333. The molecule has 0 aliphatic rings. The number of non-ortho nitro benzene ring substituents is 1. The minimum Gasteiger partial charge on any atom is -0.258 e. The second kappa shape index (κ2) is 4.80. The Hall–Kier alpha value is -1.14. The molecule has 16 heavy (non-hydrogen) atoms. The van der Waals surface area contributed by atoms with E-state index in [4.69, 9.17) is 11.6 Å². The monoisotopic (exact) mass is 263 g/mol. The number of alkyl halides is 1. The van der Waals surface area contributed by atoms with Crippen LogP contribution in [0.2, 0.25) is 0 Å². The van der Waals surface area contributed by atoms with E-state index in [1.54, 1.807) is 0 Å². The number of hydrogen-bond donors (Lipinski definition) is 0. The maximum Gasteiger partial charge on any atom is 0.269 e. The molecule has 0 radical (unpaired) electrons. The van der Waals surface area contributed by atoms with E-state index in [9.17, 15) is 18.5 Å². The maximum atomic E-state index is 11.7. The lowest BCUT2D eigenvalue weighted by Gasteiger charge is -2.05. The lowest BCUT2D eigenvalue weighted by Crippen LogP contribution is -2.09. The summed E-state index contributed by atoms with van der Waals surface area (Å²) < 4.78 is 23.4. The van der Waals surface area contributed by atoms with Gasteiger partial charge in [0.05, 0.1) is 15.6 Å². The molecule has 0 fully saturated rings. The Morgan fingerprint density at radius 2 is 2.06 bits per heavy atom. The predicted molar refractivity (Wildman–Crippen MR) is 60.6 cm³/mol. The summed E-state index contributed by atoms with van der Waals surface area (Å²) in [6.45, 7) is 1.52. The van der Waals surface area contributed by atoms with Gasteiger partial charge in [0.2, 0.25) is 0 Å². The summed E-state index contributed by atoms with van der Waals surface area (Å²) in [5.41, 5.74) is 0.238. The first-order chi connectivity index (χ1) is 7.38. The molecule has 88 valence electrons. The molecule has 0 amide bonds. The molecule has 0 atom stereocenters. The molecule has 0 aromatic heterocycles. The molecule has 1 aromatic carbocycles. The standard InChI is InChI=1S/C9H10ClNO4S/c1-7-6-8(11(12)13)2-3-9(7)16(14,15)5-4-10/h2-3,6H,4-5H2,1H3. The Morgan fingerprint density at radius 1 is 1.44 bits per heavy atom. The van der Waals surface area contributed by atoms with Crippen molar-refractivity contribution in [1.82, 2.24) is 0 Å². The van der Waals surface area contributed by atoms with Gasteiger partial charge in [-0.3, -0.25) is 10.1 Å². The minimum atomic E-state index is -3.44. The average molecular weight is 264 g/mol. The second-order valence-electron chi connectivity index (χ2n) is 3.21. The van der Waals surface area contributed by atoms with Gasteiger partial charge in [-0.05, 0) is 18.6 Å². The topological polar surface area (TPSA) is 77.3 Å². The first-order valence-corrected chi connectivity index (χ1v) is 6.61. The van der Waals surface area contributed by atoms with Crippen LogP contribution in [0.1, 0.15) is 5.56 Å². The summed E-state index contributed by atoms with van der Waals surface area (Å²) in [6.07, 6.45) is 0. The Bertz CT molecular complexity index is 512. The third-order valence-corrected chi connectivity index (χ3v) is 4.33. The van der Waals surface area contributed by atoms with E-state index >= 15 is 0 Å². The van der Waals surface area contributed by atoms with Crippen molar-refractivity contribution in [3.05, 3.63) is 33.9 Å². The predicted octanol–water partition coefficient (Wildman–Crippen LogP) is 1.92. The summed E-state index contributed by atoms with van der Waals surface area (Å²) in [5.74, 6) is -0.175. The van der Waals surface area contributed by atoms with Gasteiger partial charge in [-0.15, -0.1) is 11.6 Å². The van der Waals surface area contributed by atoms with Gasteiger partial charge in [-0.25, -0.2) is 8.42 Å². The Balaban J connectivity index is 3.23. The highest BCUT2D eigenvalue weighted by Crippen LogP contribution is 2.22. The zero-order chi connectivity index (χ0) is 12.3. The molecule has 0 N–H and O–H groups in total. The largest absolute Gasteiger partial charge is 0.269 e. The summed E-state index contributed by atoms with van der Waals surface area (Å²) in [6, 6.07) is 3.66. The highest BCUT2D eigenvalue weighted by molar-refractivity contribution is 7.91. The lowest BCUT2D eigenvalue weighted by atomic mass is 10.2. The first kappa shape index (κ1) is 12.9. The van der Waals surface area contributed by atoms with Crippen LogP contribution in [0.5, 0.6) is 0 Å². The van der Waals surface area contributed by atoms with Crippen molar-refractivity contribution in [3.8, 4) is 0 Å². The van der Waals surface area contributed by atoms with E-state index in [0.29, 0.717) is 5.56 Å². The normalized spacial score (nSPS) is 11.4. The molecular weight excluding hydrogens is 254 g/mol. The van der Waals surface area contributed by atoms with Gasteiger partial charge in [-0.1, -0.05) is 0 Å². The minimum absolute atomic E-state index is 0.00123. The van der Waals surface area contributed by atoms with Crippen molar-refractivity contribution in [1.29, 1.82) is 0 Å². The third kappa shape index (κ3) is 2.70. The fourth-order valence-electron chi connectivity index (χ4n) is 1.31. The van der Waals surface area contributed by atoms with E-state index in [-0.39, 0.29) is 22.2 Å². The zero-order valence-corrected chi connectivity index (χ0v) is 10.1. The van der Waals surface area contributed by atoms with Crippen molar-refractivity contribution in [2.45, 2.75) is 11.8 Å².